The third-order valence-electron chi connectivity index (χ3n) is 2.99. The van der Waals surface area contributed by atoms with Crippen LogP contribution in [0.2, 0.25) is 0 Å². The van der Waals surface area contributed by atoms with E-state index in [-0.39, 0.29) is 0 Å². The summed E-state index contributed by atoms with van der Waals surface area (Å²) < 4.78 is 57.6. The standard InChI is InChI=1S/C15H16F4O2/c1-4-9(2)21-14(20)10(3)13(16)11-7-5-6-8-12(11)15(17,18)19/h5-9,13H,3-4H2,1-2H3. The molecule has 0 N–H and O–H groups in total. The molecule has 1 rings (SSSR count). The van der Waals surface area contributed by atoms with Crippen molar-refractivity contribution in [2.75, 3.05) is 0 Å². The third-order valence-corrected chi connectivity index (χ3v) is 2.99. The van der Waals surface area contributed by atoms with Crippen LogP contribution >= 0.6 is 0 Å². The van der Waals surface area contributed by atoms with Gasteiger partial charge in [-0.3, -0.25) is 0 Å². The van der Waals surface area contributed by atoms with E-state index in [0.29, 0.717) is 6.42 Å². The number of hydrogen-bond donors (Lipinski definition) is 0. The maximum absolute atomic E-state index is 14.2. The molecule has 0 aliphatic heterocycles. The van der Waals surface area contributed by atoms with Crippen molar-refractivity contribution in [2.45, 2.75) is 38.7 Å². The molecule has 0 aliphatic rings. The molecule has 0 bridgehead atoms. The maximum Gasteiger partial charge on any atom is 0.416 e. The van der Waals surface area contributed by atoms with Crippen LogP contribution in [0, 0.1) is 0 Å². The molecule has 0 aliphatic carbocycles. The molecular weight excluding hydrogens is 288 g/mol. The highest BCUT2D eigenvalue weighted by atomic mass is 19.4. The van der Waals surface area contributed by atoms with Crippen molar-refractivity contribution in [3.8, 4) is 0 Å². The van der Waals surface area contributed by atoms with E-state index in [1.165, 1.54) is 6.07 Å². The lowest BCUT2D eigenvalue weighted by Crippen LogP contribution is -2.19. The van der Waals surface area contributed by atoms with Crippen LogP contribution in [-0.4, -0.2) is 12.1 Å². The summed E-state index contributed by atoms with van der Waals surface area (Å²) >= 11 is 0. The first-order valence-corrected chi connectivity index (χ1v) is 6.38. The SMILES string of the molecule is C=C(C(=O)OC(C)CC)C(F)c1ccccc1C(F)(F)F. The van der Waals surface area contributed by atoms with Crippen LogP contribution in [0.4, 0.5) is 17.6 Å². The highest BCUT2D eigenvalue weighted by Crippen LogP contribution is 2.38. The van der Waals surface area contributed by atoms with E-state index < -0.39 is 41.1 Å². The van der Waals surface area contributed by atoms with Crippen LogP contribution in [0.25, 0.3) is 0 Å². The normalized spacial score (nSPS) is 14.4. The summed E-state index contributed by atoms with van der Waals surface area (Å²) in [4.78, 5) is 11.6. The van der Waals surface area contributed by atoms with Crippen molar-refractivity contribution < 1.29 is 27.1 Å². The Morgan fingerprint density at radius 1 is 1.33 bits per heavy atom. The zero-order chi connectivity index (χ0) is 16.2. The Morgan fingerprint density at radius 2 is 1.90 bits per heavy atom. The summed E-state index contributed by atoms with van der Waals surface area (Å²) in [6.07, 6.45) is -6.92. The number of ether oxygens (including phenoxy) is 1. The largest absolute Gasteiger partial charge is 0.459 e. The predicted molar refractivity (Wildman–Crippen MR) is 70.3 cm³/mol. The average molecular weight is 304 g/mol. The molecule has 6 heteroatoms. The van der Waals surface area contributed by atoms with Gasteiger partial charge in [0.15, 0.2) is 6.17 Å². The number of esters is 1. The van der Waals surface area contributed by atoms with Gasteiger partial charge in [-0.15, -0.1) is 0 Å². The molecule has 0 fully saturated rings. The van der Waals surface area contributed by atoms with E-state index >= 15 is 0 Å². The molecule has 0 saturated carbocycles. The number of carbonyl (C=O) groups is 1. The van der Waals surface area contributed by atoms with Crippen molar-refractivity contribution in [2.24, 2.45) is 0 Å². The second-order valence-corrected chi connectivity index (χ2v) is 4.60. The zero-order valence-corrected chi connectivity index (χ0v) is 11.7. The Bertz CT molecular complexity index is 523. The lowest BCUT2D eigenvalue weighted by Gasteiger charge is -2.18. The topological polar surface area (TPSA) is 26.3 Å². The van der Waals surface area contributed by atoms with Gasteiger partial charge in [0.25, 0.3) is 0 Å². The molecule has 0 heterocycles. The van der Waals surface area contributed by atoms with E-state index in [4.69, 9.17) is 4.74 Å². The van der Waals surface area contributed by atoms with Crippen LogP contribution < -0.4 is 0 Å². The second kappa shape index (κ2) is 6.74. The molecule has 1 aromatic rings. The molecule has 1 aromatic carbocycles. The minimum absolute atomic E-state index is 0.459. The first-order chi connectivity index (χ1) is 9.68. The Hall–Kier alpha value is -1.85. The molecule has 116 valence electrons. The van der Waals surface area contributed by atoms with Crippen LogP contribution in [-0.2, 0) is 15.7 Å². The number of hydrogen-bond acceptors (Lipinski definition) is 2. The van der Waals surface area contributed by atoms with Crippen LogP contribution in [0.3, 0.4) is 0 Å². The van der Waals surface area contributed by atoms with Gasteiger partial charge in [-0.2, -0.15) is 13.2 Å². The molecule has 0 aromatic heterocycles. The predicted octanol–water partition coefficient (Wildman–Crippen LogP) is 4.61. The second-order valence-electron chi connectivity index (χ2n) is 4.60. The molecule has 21 heavy (non-hydrogen) atoms. The van der Waals surface area contributed by atoms with Crippen molar-refractivity contribution in [3.05, 3.63) is 47.5 Å². The quantitative estimate of drug-likeness (QED) is 0.451. The van der Waals surface area contributed by atoms with Crippen molar-refractivity contribution >= 4 is 5.97 Å². The monoisotopic (exact) mass is 304 g/mol. The fourth-order valence-corrected chi connectivity index (χ4v) is 1.61. The van der Waals surface area contributed by atoms with E-state index in [2.05, 4.69) is 6.58 Å². The van der Waals surface area contributed by atoms with Crippen LogP contribution in [0.1, 0.15) is 37.6 Å². The van der Waals surface area contributed by atoms with E-state index in [1.807, 2.05) is 0 Å². The molecule has 0 amide bonds. The Kier molecular flexibility index (Phi) is 5.52. The average Bonchev–Trinajstić information content (AvgIpc) is 2.44. The number of rotatable bonds is 5. The third kappa shape index (κ3) is 4.31. The summed E-state index contributed by atoms with van der Waals surface area (Å²) in [5, 5.41) is 0. The number of carbonyl (C=O) groups excluding carboxylic acids is 1. The van der Waals surface area contributed by atoms with Gasteiger partial charge in [0.2, 0.25) is 0 Å². The summed E-state index contributed by atoms with van der Waals surface area (Å²) in [7, 11) is 0. The molecule has 0 spiro atoms. The fourth-order valence-electron chi connectivity index (χ4n) is 1.61. The van der Waals surface area contributed by atoms with E-state index in [1.54, 1.807) is 13.8 Å². The van der Waals surface area contributed by atoms with Gasteiger partial charge in [0.1, 0.15) is 0 Å². The van der Waals surface area contributed by atoms with Crippen molar-refractivity contribution in [1.29, 1.82) is 0 Å². The van der Waals surface area contributed by atoms with Gasteiger partial charge < -0.3 is 4.74 Å². The minimum atomic E-state index is -4.71. The highest BCUT2D eigenvalue weighted by Gasteiger charge is 2.36. The van der Waals surface area contributed by atoms with Gasteiger partial charge in [-0.05, 0) is 19.4 Å². The first-order valence-electron chi connectivity index (χ1n) is 6.38. The fraction of sp³-hybridized carbons (Fsp3) is 0.400. The van der Waals surface area contributed by atoms with Crippen LogP contribution in [0.5, 0.6) is 0 Å². The van der Waals surface area contributed by atoms with Gasteiger partial charge in [0.05, 0.1) is 17.2 Å². The lowest BCUT2D eigenvalue weighted by molar-refractivity contribution is -0.145. The number of halogens is 4. The molecule has 0 radical (unpaired) electrons. The first kappa shape index (κ1) is 17.2. The molecular formula is C15H16F4O2. The van der Waals surface area contributed by atoms with Crippen molar-refractivity contribution in [1.82, 2.24) is 0 Å². The van der Waals surface area contributed by atoms with E-state index in [9.17, 15) is 22.4 Å². The smallest absolute Gasteiger partial charge is 0.416 e. The molecule has 0 saturated heterocycles. The number of alkyl halides is 4. The number of benzene rings is 1. The van der Waals surface area contributed by atoms with Gasteiger partial charge >= 0.3 is 12.1 Å². The van der Waals surface area contributed by atoms with Crippen LogP contribution in [0.15, 0.2) is 36.4 Å². The summed E-state index contributed by atoms with van der Waals surface area (Å²) in [5.41, 5.74) is -2.42. The lowest BCUT2D eigenvalue weighted by atomic mass is 9.98. The Labute approximate surface area is 120 Å². The Morgan fingerprint density at radius 3 is 2.43 bits per heavy atom. The molecule has 2 unspecified atom stereocenters. The molecule has 2 atom stereocenters. The Balaban J connectivity index is 3.01. The van der Waals surface area contributed by atoms with E-state index in [0.717, 1.165) is 18.2 Å². The van der Waals surface area contributed by atoms with Gasteiger partial charge in [-0.1, -0.05) is 31.7 Å². The zero-order valence-electron chi connectivity index (χ0n) is 11.7. The maximum atomic E-state index is 14.2. The van der Waals surface area contributed by atoms with Gasteiger partial charge in [-0.25, -0.2) is 9.18 Å². The molecule has 2 nitrogen and oxygen atoms in total. The summed E-state index contributed by atoms with van der Waals surface area (Å²) in [6, 6.07) is 4.16. The minimum Gasteiger partial charge on any atom is -0.459 e. The highest BCUT2D eigenvalue weighted by molar-refractivity contribution is 5.89. The summed E-state index contributed by atoms with van der Waals surface area (Å²) in [5.74, 6) is -1.03. The van der Waals surface area contributed by atoms with Crippen molar-refractivity contribution in [3.63, 3.8) is 0 Å². The van der Waals surface area contributed by atoms with Gasteiger partial charge in [0, 0.05) is 5.56 Å². The summed E-state index contributed by atoms with van der Waals surface area (Å²) in [6.45, 7) is 6.58.